The van der Waals surface area contributed by atoms with Crippen LogP contribution in [0.5, 0.6) is 0 Å². The number of carbonyl (C=O) groups excluding carboxylic acids is 1. The fourth-order valence-electron chi connectivity index (χ4n) is 2.99. The van der Waals surface area contributed by atoms with Crippen molar-refractivity contribution in [2.45, 2.75) is 25.4 Å². The molecule has 0 aliphatic carbocycles. The molecule has 3 aromatic rings. The smallest absolute Gasteiger partial charge is 0.257 e. The normalized spacial score (nSPS) is 18.1. The van der Waals surface area contributed by atoms with Gasteiger partial charge in [-0.1, -0.05) is 18.2 Å². The molecule has 0 radical (unpaired) electrons. The van der Waals surface area contributed by atoms with E-state index in [9.17, 15) is 4.79 Å². The Bertz CT molecular complexity index is 869. The number of hydrogen-bond donors (Lipinski definition) is 1. The van der Waals surface area contributed by atoms with Crippen LogP contribution >= 0.6 is 34.0 Å². The number of rotatable bonds is 6. The molecule has 0 spiro atoms. The second kappa shape index (κ2) is 7.84. The Morgan fingerprint density at radius 1 is 1.19 bits per heavy atom. The highest BCUT2D eigenvalue weighted by Gasteiger charge is 2.33. The van der Waals surface area contributed by atoms with Crippen LogP contribution in [-0.4, -0.2) is 23.2 Å². The van der Waals surface area contributed by atoms with Crippen LogP contribution in [-0.2, 0) is 4.79 Å². The van der Waals surface area contributed by atoms with Gasteiger partial charge in [0.05, 0.1) is 23.2 Å². The van der Waals surface area contributed by atoms with E-state index in [4.69, 9.17) is 0 Å². The lowest BCUT2D eigenvalue weighted by Gasteiger charge is -2.22. The van der Waals surface area contributed by atoms with Gasteiger partial charge in [-0.05, 0) is 41.3 Å². The highest BCUT2D eigenvalue weighted by molar-refractivity contribution is 7.12. The monoisotopic (exact) mass is 401 g/mol. The molecule has 1 N–H and O–H groups in total. The number of nitrogens with zero attached hydrogens (tertiary/aromatic N) is 2. The van der Waals surface area contributed by atoms with Gasteiger partial charge in [-0.3, -0.25) is 4.79 Å². The number of carbonyl (C=O) groups is 1. The maximum absolute atomic E-state index is 12.9. The van der Waals surface area contributed by atoms with Gasteiger partial charge in [0.2, 0.25) is 0 Å². The van der Waals surface area contributed by atoms with Crippen molar-refractivity contribution in [3.05, 3.63) is 67.2 Å². The first kappa shape index (κ1) is 17.6. The van der Waals surface area contributed by atoms with Crippen molar-refractivity contribution in [1.29, 1.82) is 0 Å². The summed E-state index contributed by atoms with van der Waals surface area (Å²) < 4.78 is 0. The SMILES string of the molecule is CC(NCC(=O)N1N=C(c2cccs2)CC1c1cccs1)c1cccs1. The molecule has 2 atom stereocenters. The average Bonchev–Trinajstić information content (AvgIpc) is 3.42. The Kier molecular flexibility index (Phi) is 5.31. The number of thiophene rings is 3. The first-order chi connectivity index (χ1) is 12.7. The maximum atomic E-state index is 12.9. The summed E-state index contributed by atoms with van der Waals surface area (Å²) in [5.41, 5.74) is 0.998. The minimum Gasteiger partial charge on any atom is -0.301 e. The Morgan fingerprint density at radius 2 is 1.96 bits per heavy atom. The first-order valence-electron chi connectivity index (χ1n) is 8.46. The van der Waals surface area contributed by atoms with Crippen molar-refractivity contribution in [1.82, 2.24) is 10.3 Å². The molecule has 0 saturated carbocycles. The third-order valence-electron chi connectivity index (χ3n) is 4.37. The number of hydrazone groups is 1. The van der Waals surface area contributed by atoms with Crippen LogP contribution in [0, 0.1) is 0 Å². The Morgan fingerprint density at radius 3 is 2.65 bits per heavy atom. The van der Waals surface area contributed by atoms with Crippen LogP contribution in [0.15, 0.2) is 57.6 Å². The topological polar surface area (TPSA) is 44.7 Å². The summed E-state index contributed by atoms with van der Waals surface area (Å²) in [6.45, 7) is 2.36. The Hall–Kier alpha value is -1.80. The second-order valence-corrected chi connectivity index (χ2v) is 9.02. The Balaban J connectivity index is 1.50. The largest absolute Gasteiger partial charge is 0.301 e. The molecular weight excluding hydrogens is 382 g/mol. The van der Waals surface area contributed by atoms with Crippen molar-refractivity contribution in [2.24, 2.45) is 5.10 Å². The van der Waals surface area contributed by atoms with Gasteiger partial charge in [-0.2, -0.15) is 5.10 Å². The molecule has 2 unspecified atom stereocenters. The van der Waals surface area contributed by atoms with E-state index in [-0.39, 0.29) is 24.5 Å². The third kappa shape index (κ3) is 3.66. The van der Waals surface area contributed by atoms with Crippen molar-refractivity contribution in [2.75, 3.05) is 6.54 Å². The van der Waals surface area contributed by atoms with Gasteiger partial charge >= 0.3 is 0 Å². The number of hydrogen-bond acceptors (Lipinski definition) is 6. The molecule has 4 rings (SSSR count). The van der Waals surface area contributed by atoms with Crippen molar-refractivity contribution < 1.29 is 4.79 Å². The molecule has 1 amide bonds. The third-order valence-corrected chi connectivity index (χ3v) is 7.32. The van der Waals surface area contributed by atoms with Crippen LogP contribution in [0.25, 0.3) is 0 Å². The van der Waals surface area contributed by atoms with Crippen LogP contribution in [0.2, 0.25) is 0 Å². The van der Waals surface area contributed by atoms with E-state index in [1.54, 1.807) is 39.0 Å². The van der Waals surface area contributed by atoms with Gasteiger partial charge in [0.15, 0.2) is 0 Å². The zero-order valence-electron chi connectivity index (χ0n) is 14.3. The predicted octanol–water partition coefficient (Wildman–Crippen LogP) is 4.90. The molecule has 0 bridgehead atoms. The highest BCUT2D eigenvalue weighted by atomic mass is 32.1. The van der Waals surface area contributed by atoms with Gasteiger partial charge in [0.25, 0.3) is 5.91 Å². The standard InChI is InChI=1S/C19H19N3OS3/c1-13(16-5-2-8-24-16)20-12-19(23)22-15(18-7-4-10-26-18)11-14(21-22)17-6-3-9-25-17/h2-10,13,15,20H,11-12H2,1H3. The van der Waals surface area contributed by atoms with Crippen LogP contribution in [0.1, 0.15) is 40.1 Å². The lowest BCUT2D eigenvalue weighted by molar-refractivity contribution is -0.132. The van der Waals surface area contributed by atoms with E-state index >= 15 is 0 Å². The summed E-state index contributed by atoms with van der Waals surface area (Å²) >= 11 is 5.05. The first-order valence-corrected chi connectivity index (χ1v) is 11.1. The summed E-state index contributed by atoms with van der Waals surface area (Å²) in [5.74, 6) is 0.0124. The summed E-state index contributed by atoms with van der Waals surface area (Å²) in [6.07, 6.45) is 0.771. The number of nitrogens with one attached hydrogen (secondary N) is 1. The van der Waals surface area contributed by atoms with E-state index in [0.717, 1.165) is 17.0 Å². The summed E-state index contributed by atoms with van der Waals surface area (Å²) in [7, 11) is 0. The molecule has 4 heterocycles. The van der Waals surface area contributed by atoms with Gasteiger partial charge in [-0.25, -0.2) is 5.01 Å². The molecule has 1 aliphatic heterocycles. The maximum Gasteiger partial charge on any atom is 0.257 e. The van der Waals surface area contributed by atoms with E-state index in [1.165, 1.54) is 9.75 Å². The van der Waals surface area contributed by atoms with Crippen LogP contribution in [0.3, 0.4) is 0 Å². The van der Waals surface area contributed by atoms with Crippen molar-refractivity contribution >= 4 is 45.6 Å². The van der Waals surface area contributed by atoms with E-state index in [0.29, 0.717) is 0 Å². The summed E-state index contributed by atoms with van der Waals surface area (Å²) in [4.78, 5) is 16.5. The van der Waals surface area contributed by atoms with Gasteiger partial charge in [0.1, 0.15) is 0 Å². The lowest BCUT2D eigenvalue weighted by Crippen LogP contribution is -2.36. The van der Waals surface area contributed by atoms with Crippen LogP contribution in [0.4, 0.5) is 0 Å². The van der Waals surface area contributed by atoms with Crippen LogP contribution < -0.4 is 5.32 Å². The molecule has 7 heteroatoms. The van der Waals surface area contributed by atoms with Gasteiger partial charge in [-0.15, -0.1) is 34.0 Å². The van der Waals surface area contributed by atoms with Crippen molar-refractivity contribution in [3.8, 4) is 0 Å². The minimum absolute atomic E-state index is 0.00144. The molecule has 26 heavy (non-hydrogen) atoms. The summed E-state index contributed by atoms with van der Waals surface area (Å²) in [5, 5.41) is 15.9. The van der Waals surface area contributed by atoms with E-state index < -0.39 is 0 Å². The molecular formula is C19H19N3OS3. The van der Waals surface area contributed by atoms with Crippen molar-refractivity contribution in [3.63, 3.8) is 0 Å². The fourth-order valence-corrected chi connectivity index (χ4v) is 5.29. The molecule has 0 aromatic carbocycles. The molecule has 3 aromatic heterocycles. The number of amides is 1. The molecule has 4 nitrogen and oxygen atoms in total. The van der Waals surface area contributed by atoms with Gasteiger partial charge in [0, 0.05) is 22.2 Å². The Labute approximate surface area is 164 Å². The second-order valence-electron chi connectivity index (χ2n) is 6.12. The molecule has 1 aliphatic rings. The van der Waals surface area contributed by atoms with E-state index in [1.807, 2.05) is 23.6 Å². The summed E-state index contributed by atoms with van der Waals surface area (Å²) in [6, 6.07) is 12.5. The molecule has 134 valence electrons. The van der Waals surface area contributed by atoms with E-state index in [2.05, 4.69) is 46.3 Å². The minimum atomic E-state index is -0.00144. The zero-order chi connectivity index (χ0) is 17.9. The highest BCUT2D eigenvalue weighted by Crippen LogP contribution is 2.35. The van der Waals surface area contributed by atoms with Gasteiger partial charge < -0.3 is 5.32 Å². The molecule has 0 saturated heterocycles. The quantitative estimate of drug-likeness (QED) is 0.638. The zero-order valence-corrected chi connectivity index (χ0v) is 16.7. The fraction of sp³-hybridized carbons (Fsp3) is 0.263. The predicted molar refractivity (Wildman–Crippen MR) is 110 cm³/mol. The lowest BCUT2D eigenvalue weighted by atomic mass is 10.1. The molecule has 0 fully saturated rings. The average molecular weight is 402 g/mol.